The van der Waals surface area contributed by atoms with Gasteiger partial charge in [-0.25, -0.2) is 4.79 Å². The number of carbonyl (C=O) groups excluding carboxylic acids is 2. The van der Waals surface area contributed by atoms with Gasteiger partial charge in [-0.3, -0.25) is 4.79 Å². The molecule has 7 atom stereocenters. The fourth-order valence-corrected chi connectivity index (χ4v) is 4.75. The van der Waals surface area contributed by atoms with Crippen molar-refractivity contribution < 1.29 is 19.4 Å². The van der Waals surface area contributed by atoms with E-state index in [1.54, 1.807) is 0 Å². The topological polar surface area (TPSA) is 75.6 Å². The highest BCUT2D eigenvalue weighted by Crippen LogP contribution is 2.26. The van der Waals surface area contributed by atoms with E-state index in [4.69, 9.17) is 4.74 Å². The van der Waals surface area contributed by atoms with Crippen molar-refractivity contribution in [2.45, 2.75) is 86.0 Å². The van der Waals surface area contributed by atoms with Crippen molar-refractivity contribution in [3.8, 4) is 0 Å². The average Bonchev–Trinajstić information content (AvgIpc) is 2.80. The van der Waals surface area contributed by atoms with Gasteiger partial charge in [-0.2, -0.15) is 0 Å². The molecule has 5 nitrogen and oxygen atoms in total. The molecule has 2 N–H and O–H groups in total. The van der Waals surface area contributed by atoms with Crippen LogP contribution in [0, 0.1) is 23.7 Å². The maximum Gasteiger partial charge on any atom is 0.329 e. The SMILES string of the molecule is CCC(C)C1OC(=O)C(Cc2ccccc2)NC(=O)C(C)CC(C)=CC(C)C(O)C(C)=CC1C. The first kappa shape index (κ1) is 27.8. The van der Waals surface area contributed by atoms with Crippen LogP contribution in [0.4, 0.5) is 0 Å². The summed E-state index contributed by atoms with van der Waals surface area (Å²) in [6, 6.07) is 8.93. The maximum atomic E-state index is 13.4. The van der Waals surface area contributed by atoms with Gasteiger partial charge in [0.1, 0.15) is 12.1 Å². The molecule has 188 valence electrons. The zero-order valence-corrected chi connectivity index (χ0v) is 21.9. The third-order valence-electron chi connectivity index (χ3n) is 6.97. The van der Waals surface area contributed by atoms with Crippen LogP contribution >= 0.6 is 0 Å². The van der Waals surface area contributed by atoms with Crippen LogP contribution in [0.3, 0.4) is 0 Å². The third kappa shape index (κ3) is 7.83. The van der Waals surface area contributed by atoms with Crippen molar-refractivity contribution in [1.82, 2.24) is 5.32 Å². The number of aliphatic hydroxyl groups excluding tert-OH is 1. The number of ether oxygens (including phenoxy) is 1. The van der Waals surface area contributed by atoms with Crippen LogP contribution in [-0.2, 0) is 20.7 Å². The first-order valence-electron chi connectivity index (χ1n) is 12.6. The number of allylic oxidation sites excluding steroid dienone is 1. The molecule has 34 heavy (non-hydrogen) atoms. The Bertz CT molecular complexity index is 875. The summed E-state index contributed by atoms with van der Waals surface area (Å²) in [6.07, 6.45) is 4.87. The minimum atomic E-state index is -0.764. The molecule has 0 aliphatic carbocycles. The van der Waals surface area contributed by atoms with Crippen molar-refractivity contribution in [3.63, 3.8) is 0 Å². The fourth-order valence-electron chi connectivity index (χ4n) is 4.75. The van der Waals surface area contributed by atoms with Gasteiger partial charge in [0, 0.05) is 24.2 Å². The van der Waals surface area contributed by atoms with E-state index in [1.165, 1.54) is 0 Å². The molecular weight excluding hydrogens is 426 g/mol. The van der Waals surface area contributed by atoms with Crippen molar-refractivity contribution in [2.24, 2.45) is 23.7 Å². The third-order valence-corrected chi connectivity index (χ3v) is 6.97. The Morgan fingerprint density at radius 2 is 1.71 bits per heavy atom. The number of carbonyl (C=O) groups is 2. The molecule has 1 aliphatic rings. The summed E-state index contributed by atoms with van der Waals surface area (Å²) in [5, 5.41) is 13.9. The van der Waals surface area contributed by atoms with Crippen molar-refractivity contribution >= 4 is 11.9 Å². The standard InChI is InChI=1S/C29H43NO4/c1-8-19(3)27-22(6)16-21(5)26(31)20(4)14-18(2)15-23(7)28(32)30-25(29(33)34-27)17-24-12-10-9-11-13-24/h9-14,16,19-20,22-23,25-27,31H,8,15,17H2,1-7H3,(H,30,32). The summed E-state index contributed by atoms with van der Waals surface area (Å²) in [4.78, 5) is 26.5. The van der Waals surface area contributed by atoms with Gasteiger partial charge >= 0.3 is 5.97 Å². The Morgan fingerprint density at radius 3 is 2.32 bits per heavy atom. The van der Waals surface area contributed by atoms with Crippen molar-refractivity contribution in [1.29, 1.82) is 0 Å². The lowest BCUT2D eigenvalue weighted by molar-refractivity contribution is -0.157. The summed E-state index contributed by atoms with van der Waals surface area (Å²) in [7, 11) is 0. The molecule has 1 aliphatic heterocycles. The summed E-state index contributed by atoms with van der Waals surface area (Å²) in [6.45, 7) is 13.9. The van der Waals surface area contributed by atoms with Gasteiger partial charge in [0.05, 0.1) is 6.10 Å². The summed E-state index contributed by atoms with van der Waals surface area (Å²) < 4.78 is 6.10. The minimum absolute atomic E-state index is 0.0806. The molecule has 7 unspecified atom stereocenters. The number of amides is 1. The molecule has 1 aromatic carbocycles. The Labute approximate surface area is 205 Å². The lowest BCUT2D eigenvalue weighted by Gasteiger charge is -2.30. The zero-order chi connectivity index (χ0) is 25.4. The number of aliphatic hydroxyl groups is 1. The lowest BCUT2D eigenvalue weighted by atomic mass is 9.87. The van der Waals surface area contributed by atoms with Gasteiger partial charge in [0.2, 0.25) is 5.91 Å². The minimum Gasteiger partial charge on any atom is -0.460 e. The first-order chi connectivity index (χ1) is 16.0. The van der Waals surface area contributed by atoms with E-state index in [-0.39, 0.29) is 35.7 Å². The van der Waals surface area contributed by atoms with Gasteiger partial charge in [0.25, 0.3) is 0 Å². The van der Waals surface area contributed by atoms with E-state index in [1.807, 2.05) is 77.1 Å². The summed E-state index contributed by atoms with van der Waals surface area (Å²) in [5.41, 5.74) is 2.88. The number of rotatable bonds is 4. The highest BCUT2D eigenvalue weighted by Gasteiger charge is 2.32. The molecule has 1 amide bonds. The monoisotopic (exact) mass is 469 g/mol. The van der Waals surface area contributed by atoms with Crippen molar-refractivity contribution in [2.75, 3.05) is 0 Å². The molecule has 5 heteroatoms. The van der Waals surface area contributed by atoms with E-state index in [9.17, 15) is 14.7 Å². The second kappa shape index (κ2) is 12.9. The Kier molecular flexibility index (Phi) is 10.6. The molecule has 0 bridgehead atoms. The smallest absolute Gasteiger partial charge is 0.329 e. The van der Waals surface area contributed by atoms with Crippen LogP contribution in [0.1, 0.15) is 66.9 Å². The van der Waals surface area contributed by atoms with Crippen LogP contribution in [0.25, 0.3) is 0 Å². The highest BCUT2D eigenvalue weighted by molar-refractivity contribution is 5.86. The van der Waals surface area contributed by atoms with Crippen LogP contribution in [-0.4, -0.2) is 35.2 Å². The molecule has 1 aromatic rings. The van der Waals surface area contributed by atoms with E-state index >= 15 is 0 Å². The molecule has 1 heterocycles. The number of esters is 1. The second-order valence-corrected chi connectivity index (χ2v) is 10.2. The first-order valence-corrected chi connectivity index (χ1v) is 12.6. The van der Waals surface area contributed by atoms with E-state index in [0.717, 1.165) is 23.1 Å². The largest absolute Gasteiger partial charge is 0.460 e. The molecule has 0 saturated heterocycles. The van der Waals surface area contributed by atoms with Crippen LogP contribution in [0.15, 0.2) is 53.6 Å². The number of benzene rings is 1. The van der Waals surface area contributed by atoms with Crippen LogP contribution in [0.5, 0.6) is 0 Å². The molecular formula is C29H43NO4. The average molecular weight is 470 g/mol. The number of nitrogens with one attached hydrogen (secondary N) is 1. The Balaban J connectivity index is 2.46. The summed E-state index contributed by atoms with van der Waals surface area (Å²) in [5.74, 6) is -0.929. The van der Waals surface area contributed by atoms with E-state index in [2.05, 4.69) is 19.2 Å². The Hall–Kier alpha value is -2.40. The number of hydrogen-bond donors (Lipinski definition) is 2. The predicted octanol–water partition coefficient (Wildman–Crippen LogP) is 5.24. The zero-order valence-electron chi connectivity index (χ0n) is 21.9. The predicted molar refractivity (Wildman–Crippen MR) is 137 cm³/mol. The van der Waals surface area contributed by atoms with Gasteiger partial charge in [-0.05, 0) is 37.3 Å². The van der Waals surface area contributed by atoms with Crippen LogP contribution < -0.4 is 5.32 Å². The normalized spacial score (nSPS) is 30.7. The molecule has 2 rings (SSSR count). The van der Waals surface area contributed by atoms with Crippen LogP contribution in [0.2, 0.25) is 0 Å². The summed E-state index contributed by atoms with van der Waals surface area (Å²) >= 11 is 0. The molecule has 0 radical (unpaired) electrons. The number of cyclic esters (lactones) is 1. The van der Waals surface area contributed by atoms with Gasteiger partial charge in [-0.1, -0.05) is 89.1 Å². The Morgan fingerprint density at radius 1 is 1.06 bits per heavy atom. The van der Waals surface area contributed by atoms with Gasteiger partial charge < -0.3 is 15.2 Å². The fraction of sp³-hybridized carbons (Fsp3) is 0.586. The molecule has 0 spiro atoms. The molecule has 0 saturated carbocycles. The second-order valence-electron chi connectivity index (χ2n) is 10.2. The maximum absolute atomic E-state index is 13.4. The van der Waals surface area contributed by atoms with Gasteiger partial charge in [-0.15, -0.1) is 0 Å². The van der Waals surface area contributed by atoms with Crippen molar-refractivity contribution in [3.05, 3.63) is 59.2 Å². The number of hydrogen-bond acceptors (Lipinski definition) is 4. The molecule has 0 fully saturated rings. The molecule has 0 aromatic heterocycles. The quantitative estimate of drug-likeness (QED) is 0.467. The highest BCUT2D eigenvalue weighted by atomic mass is 16.5. The van der Waals surface area contributed by atoms with Gasteiger partial charge in [0.15, 0.2) is 0 Å². The van der Waals surface area contributed by atoms with E-state index < -0.39 is 18.1 Å². The lowest BCUT2D eigenvalue weighted by Crippen LogP contribution is -2.47. The van der Waals surface area contributed by atoms with E-state index in [0.29, 0.717) is 12.8 Å².